The van der Waals surface area contributed by atoms with E-state index in [-0.39, 0.29) is 5.54 Å². The maximum absolute atomic E-state index is 9.35. The van der Waals surface area contributed by atoms with Crippen LogP contribution in [0.5, 0.6) is 0 Å². The SMILES string of the molecule is CCCNC(C#N)(CC)CCCSc1nncs1. The van der Waals surface area contributed by atoms with Crippen LogP contribution in [0, 0.1) is 11.3 Å². The van der Waals surface area contributed by atoms with E-state index in [4.69, 9.17) is 0 Å². The summed E-state index contributed by atoms with van der Waals surface area (Å²) in [6.07, 6.45) is 3.82. The number of thioether (sulfide) groups is 1. The number of nitrogens with zero attached hydrogens (tertiary/aromatic N) is 3. The predicted octanol–water partition coefficient (Wildman–Crippen LogP) is 3.08. The smallest absolute Gasteiger partial charge is 0.174 e. The summed E-state index contributed by atoms with van der Waals surface area (Å²) in [5, 5.41) is 20.5. The summed E-state index contributed by atoms with van der Waals surface area (Å²) < 4.78 is 1.01. The monoisotopic (exact) mass is 284 g/mol. The Kier molecular flexibility index (Phi) is 7.25. The van der Waals surface area contributed by atoms with Crippen molar-refractivity contribution in [3.05, 3.63) is 5.51 Å². The summed E-state index contributed by atoms with van der Waals surface area (Å²) in [6.45, 7) is 5.10. The van der Waals surface area contributed by atoms with Gasteiger partial charge in [0.1, 0.15) is 11.0 Å². The van der Waals surface area contributed by atoms with Crippen molar-refractivity contribution in [2.24, 2.45) is 0 Å². The lowest BCUT2D eigenvalue weighted by molar-refractivity contribution is 0.371. The molecule has 0 aliphatic carbocycles. The first kappa shape index (κ1) is 15.4. The first-order valence-electron chi connectivity index (χ1n) is 6.31. The Morgan fingerprint density at radius 2 is 2.39 bits per heavy atom. The van der Waals surface area contributed by atoms with E-state index >= 15 is 0 Å². The van der Waals surface area contributed by atoms with E-state index in [0.29, 0.717) is 0 Å². The second-order valence-electron chi connectivity index (χ2n) is 4.13. The van der Waals surface area contributed by atoms with Gasteiger partial charge in [0.2, 0.25) is 0 Å². The van der Waals surface area contributed by atoms with Crippen LogP contribution >= 0.6 is 23.1 Å². The highest BCUT2D eigenvalue weighted by Gasteiger charge is 2.26. The van der Waals surface area contributed by atoms with E-state index in [1.54, 1.807) is 28.6 Å². The van der Waals surface area contributed by atoms with Gasteiger partial charge in [0.25, 0.3) is 0 Å². The number of aromatic nitrogens is 2. The lowest BCUT2D eigenvalue weighted by Gasteiger charge is -2.26. The maximum Gasteiger partial charge on any atom is 0.174 e. The van der Waals surface area contributed by atoms with Gasteiger partial charge in [0.05, 0.1) is 6.07 Å². The van der Waals surface area contributed by atoms with Crippen molar-refractivity contribution >= 4 is 23.1 Å². The molecule has 18 heavy (non-hydrogen) atoms. The van der Waals surface area contributed by atoms with E-state index in [1.807, 2.05) is 0 Å². The summed E-state index contributed by atoms with van der Waals surface area (Å²) in [5.41, 5.74) is 1.40. The number of nitrogens with one attached hydrogen (secondary N) is 1. The topological polar surface area (TPSA) is 61.6 Å². The van der Waals surface area contributed by atoms with Crippen LogP contribution in [0.15, 0.2) is 9.85 Å². The minimum absolute atomic E-state index is 0.350. The van der Waals surface area contributed by atoms with E-state index in [9.17, 15) is 5.26 Å². The highest BCUT2D eigenvalue weighted by atomic mass is 32.2. The lowest BCUT2D eigenvalue weighted by Crippen LogP contribution is -2.43. The van der Waals surface area contributed by atoms with Crippen LogP contribution in [0.4, 0.5) is 0 Å². The Labute approximate surface area is 117 Å². The summed E-state index contributed by atoms with van der Waals surface area (Å²) in [4.78, 5) is 0. The van der Waals surface area contributed by atoms with Gasteiger partial charge in [-0.3, -0.25) is 5.32 Å². The molecule has 0 saturated heterocycles. The molecule has 1 rings (SSSR count). The molecule has 0 radical (unpaired) electrons. The molecule has 1 atom stereocenters. The normalized spacial score (nSPS) is 14.1. The summed E-state index contributed by atoms with van der Waals surface area (Å²) >= 11 is 3.29. The third kappa shape index (κ3) is 4.92. The zero-order chi connectivity index (χ0) is 13.3. The van der Waals surface area contributed by atoms with Gasteiger partial charge in [-0.1, -0.05) is 36.9 Å². The molecule has 0 fully saturated rings. The first-order valence-corrected chi connectivity index (χ1v) is 8.18. The molecule has 1 unspecified atom stereocenters. The average Bonchev–Trinajstić information content (AvgIpc) is 2.92. The molecular formula is C12H20N4S2. The fourth-order valence-corrected chi connectivity index (χ4v) is 3.19. The van der Waals surface area contributed by atoms with Gasteiger partial charge in [-0.05, 0) is 32.2 Å². The van der Waals surface area contributed by atoms with Crippen LogP contribution in [0.2, 0.25) is 0 Å². The van der Waals surface area contributed by atoms with Crippen LogP contribution in [0.25, 0.3) is 0 Å². The van der Waals surface area contributed by atoms with Gasteiger partial charge in [-0.25, -0.2) is 0 Å². The standard InChI is InChI=1S/C12H20N4S2/c1-3-7-14-12(4-2,9-13)6-5-8-17-11-16-15-10-18-11/h10,14H,3-8H2,1-2H3. The Hall–Kier alpha value is -0.640. The zero-order valence-corrected chi connectivity index (χ0v) is 12.6. The first-order chi connectivity index (χ1) is 8.76. The average molecular weight is 284 g/mol. The summed E-state index contributed by atoms with van der Waals surface area (Å²) in [7, 11) is 0. The third-order valence-electron chi connectivity index (χ3n) is 2.84. The number of rotatable bonds is 9. The van der Waals surface area contributed by atoms with Gasteiger partial charge in [0, 0.05) is 5.75 Å². The van der Waals surface area contributed by atoms with Crippen LogP contribution < -0.4 is 5.32 Å². The zero-order valence-electron chi connectivity index (χ0n) is 11.0. The van der Waals surface area contributed by atoms with Crippen molar-refractivity contribution < 1.29 is 0 Å². The van der Waals surface area contributed by atoms with Crippen molar-refractivity contribution in [2.45, 2.75) is 49.4 Å². The molecule has 100 valence electrons. The van der Waals surface area contributed by atoms with E-state index in [2.05, 4.69) is 35.4 Å². The van der Waals surface area contributed by atoms with Crippen LogP contribution in [-0.2, 0) is 0 Å². The second-order valence-corrected chi connectivity index (χ2v) is 6.31. The fraction of sp³-hybridized carbons (Fsp3) is 0.750. The molecule has 0 spiro atoms. The largest absolute Gasteiger partial charge is 0.299 e. The van der Waals surface area contributed by atoms with Crippen LogP contribution in [-0.4, -0.2) is 28.0 Å². The number of hydrogen-bond acceptors (Lipinski definition) is 6. The van der Waals surface area contributed by atoms with Gasteiger partial charge in [-0.2, -0.15) is 5.26 Å². The Balaban J connectivity index is 2.31. The van der Waals surface area contributed by atoms with Crippen molar-refractivity contribution in [2.75, 3.05) is 12.3 Å². The number of nitriles is 1. The van der Waals surface area contributed by atoms with Crippen molar-refractivity contribution in [3.8, 4) is 6.07 Å². The molecular weight excluding hydrogens is 264 g/mol. The molecule has 0 aliphatic heterocycles. The Morgan fingerprint density at radius 3 is 2.94 bits per heavy atom. The Bertz CT molecular complexity index is 361. The van der Waals surface area contributed by atoms with Gasteiger partial charge < -0.3 is 0 Å². The van der Waals surface area contributed by atoms with Gasteiger partial charge in [-0.15, -0.1) is 10.2 Å². The fourth-order valence-electron chi connectivity index (χ4n) is 1.69. The van der Waals surface area contributed by atoms with Crippen molar-refractivity contribution in [3.63, 3.8) is 0 Å². The highest BCUT2D eigenvalue weighted by Crippen LogP contribution is 2.23. The molecule has 1 aromatic heterocycles. The van der Waals surface area contributed by atoms with E-state index in [1.165, 1.54) is 0 Å². The summed E-state index contributed by atoms with van der Waals surface area (Å²) in [5.74, 6) is 0.992. The molecule has 0 aliphatic rings. The molecule has 1 heterocycles. The summed E-state index contributed by atoms with van der Waals surface area (Å²) in [6, 6.07) is 2.45. The van der Waals surface area contributed by atoms with Crippen molar-refractivity contribution in [1.82, 2.24) is 15.5 Å². The molecule has 0 amide bonds. The van der Waals surface area contributed by atoms with Gasteiger partial charge in [0.15, 0.2) is 4.34 Å². The minimum Gasteiger partial charge on any atom is -0.299 e. The van der Waals surface area contributed by atoms with Crippen LogP contribution in [0.1, 0.15) is 39.5 Å². The van der Waals surface area contributed by atoms with Gasteiger partial charge >= 0.3 is 0 Å². The quantitative estimate of drug-likeness (QED) is 0.558. The molecule has 1 aromatic rings. The predicted molar refractivity (Wildman–Crippen MR) is 76.8 cm³/mol. The van der Waals surface area contributed by atoms with Crippen LogP contribution in [0.3, 0.4) is 0 Å². The molecule has 0 saturated carbocycles. The maximum atomic E-state index is 9.35. The van der Waals surface area contributed by atoms with Crippen molar-refractivity contribution in [1.29, 1.82) is 5.26 Å². The number of hydrogen-bond donors (Lipinski definition) is 1. The molecule has 0 bridgehead atoms. The Morgan fingerprint density at radius 1 is 1.56 bits per heavy atom. The molecule has 4 nitrogen and oxygen atoms in total. The lowest BCUT2D eigenvalue weighted by atomic mass is 9.92. The van der Waals surface area contributed by atoms with E-state index < -0.39 is 0 Å². The third-order valence-corrected chi connectivity index (χ3v) is 4.79. The minimum atomic E-state index is -0.350. The second kappa shape index (κ2) is 8.46. The molecule has 0 aromatic carbocycles. The molecule has 1 N–H and O–H groups in total. The molecule has 6 heteroatoms. The highest BCUT2D eigenvalue weighted by molar-refractivity contribution is 8.00. The van der Waals surface area contributed by atoms with E-state index in [0.717, 1.165) is 42.3 Å².